The number of rotatable bonds is 14. The summed E-state index contributed by atoms with van der Waals surface area (Å²) in [6, 6.07) is 8.10. The molecule has 1 fully saturated rings. The van der Waals surface area contributed by atoms with Crippen molar-refractivity contribution in [1.82, 2.24) is 10.6 Å². The second kappa shape index (κ2) is 13.4. The smallest absolute Gasteiger partial charge is 0.191 e. The van der Waals surface area contributed by atoms with Crippen molar-refractivity contribution in [2.45, 2.75) is 39.2 Å². The molecule has 6 heteroatoms. The molecular weight excluding hydrogens is 342 g/mol. The van der Waals surface area contributed by atoms with Gasteiger partial charge < -0.3 is 24.8 Å². The van der Waals surface area contributed by atoms with Crippen molar-refractivity contribution >= 4 is 5.96 Å². The maximum atomic E-state index is 5.75. The van der Waals surface area contributed by atoms with E-state index in [1.807, 2.05) is 18.2 Å². The van der Waals surface area contributed by atoms with E-state index in [-0.39, 0.29) is 0 Å². The van der Waals surface area contributed by atoms with Crippen LogP contribution >= 0.6 is 0 Å². The zero-order valence-electron chi connectivity index (χ0n) is 16.8. The Labute approximate surface area is 163 Å². The molecule has 0 heterocycles. The summed E-state index contributed by atoms with van der Waals surface area (Å²) in [4.78, 5) is 4.67. The van der Waals surface area contributed by atoms with Crippen molar-refractivity contribution < 1.29 is 14.2 Å². The van der Waals surface area contributed by atoms with Gasteiger partial charge in [-0.3, -0.25) is 0 Å². The lowest BCUT2D eigenvalue weighted by atomic mass is 10.2. The molecule has 0 atom stereocenters. The number of ether oxygens (including phenoxy) is 3. The standard InChI is InChI=1S/C21H35N3O3/c1-3-22-21(23-11-5-13-26-17-18-9-10-18)24-16-19-7-4-8-20(15-19)27-14-6-12-25-2/h4,7-8,15,18H,3,5-6,9-14,16-17H2,1-2H3,(H2,22,23,24). The molecule has 1 aliphatic rings. The normalized spacial score (nSPS) is 14.2. The lowest BCUT2D eigenvalue weighted by Crippen LogP contribution is -2.38. The predicted molar refractivity (Wildman–Crippen MR) is 109 cm³/mol. The van der Waals surface area contributed by atoms with E-state index in [1.54, 1.807) is 7.11 Å². The second-order valence-electron chi connectivity index (χ2n) is 6.84. The summed E-state index contributed by atoms with van der Waals surface area (Å²) in [6.07, 6.45) is 4.56. The average molecular weight is 378 g/mol. The molecule has 1 saturated carbocycles. The van der Waals surface area contributed by atoms with Crippen molar-refractivity contribution in [1.29, 1.82) is 0 Å². The molecule has 2 rings (SSSR count). The summed E-state index contributed by atoms with van der Waals surface area (Å²) in [6.45, 7) is 7.50. The number of hydrogen-bond donors (Lipinski definition) is 2. The van der Waals surface area contributed by atoms with Gasteiger partial charge in [0.25, 0.3) is 0 Å². The zero-order chi connectivity index (χ0) is 19.2. The molecule has 0 bridgehead atoms. The summed E-state index contributed by atoms with van der Waals surface area (Å²) in [5, 5.41) is 6.66. The maximum Gasteiger partial charge on any atom is 0.191 e. The van der Waals surface area contributed by atoms with Crippen LogP contribution in [0.15, 0.2) is 29.3 Å². The summed E-state index contributed by atoms with van der Waals surface area (Å²) in [5.41, 5.74) is 1.13. The summed E-state index contributed by atoms with van der Waals surface area (Å²) in [7, 11) is 1.70. The Bertz CT molecular complexity index is 547. The van der Waals surface area contributed by atoms with Crippen LogP contribution in [-0.4, -0.2) is 52.6 Å². The van der Waals surface area contributed by atoms with Crippen LogP contribution in [-0.2, 0) is 16.0 Å². The van der Waals surface area contributed by atoms with Crippen LogP contribution in [0.2, 0.25) is 0 Å². The van der Waals surface area contributed by atoms with Crippen molar-refractivity contribution in [3.63, 3.8) is 0 Å². The van der Waals surface area contributed by atoms with Crippen molar-refractivity contribution in [3.8, 4) is 5.75 Å². The molecule has 0 radical (unpaired) electrons. The molecule has 1 aromatic rings. The van der Waals surface area contributed by atoms with Gasteiger partial charge in [-0.15, -0.1) is 0 Å². The van der Waals surface area contributed by atoms with Crippen molar-refractivity contribution in [2.75, 3.05) is 46.6 Å². The number of benzene rings is 1. The third-order valence-corrected chi connectivity index (χ3v) is 4.23. The second-order valence-corrected chi connectivity index (χ2v) is 6.84. The SMILES string of the molecule is CCNC(=NCc1cccc(OCCCOC)c1)NCCCOCC1CC1. The van der Waals surface area contributed by atoms with Gasteiger partial charge >= 0.3 is 0 Å². The lowest BCUT2D eigenvalue weighted by Gasteiger charge is -2.12. The fraction of sp³-hybridized carbons (Fsp3) is 0.667. The highest BCUT2D eigenvalue weighted by atomic mass is 16.5. The number of methoxy groups -OCH3 is 1. The summed E-state index contributed by atoms with van der Waals surface area (Å²) < 4.78 is 16.5. The number of hydrogen-bond acceptors (Lipinski definition) is 4. The molecule has 152 valence electrons. The fourth-order valence-electron chi connectivity index (χ4n) is 2.55. The third kappa shape index (κ3) is 10.2. The number of guanidine groups is 1. The van der Waals surface area contributed by atoms with Crippen LogP contribution in [0.25, 0.3) is 0 Å². The molecule has 2 N–H and O–H groups in total. The van der Waals surface area contributed by atoms with Gasteiger partial charge in [-0.25, -0.2) is 4.99 Å². The Kier molecular flexibility index (Phi) is 10.7. The zero-order valence-corrected chi connectivity index (χ0v) is 16.8. The van der Waals surface area contributed by atoms with Crippen LogP contribution in [0.3, 0.4) is 0 Å². The molecule has 27 heavy (non-hydrogen) atoms. The Hall–Kier alpha value is -1.79. The molecule has 0 saturated heterocycles. The first-order valence-electron chi connectivity index (χ1n) is 10.1. The quantitative estimate of drug-likeness (QED) is 0.296. The molecule has 0 amide bonds. The van der Waals surface area contributed by atoms with Gasteiger partial charge in [0.2, 0.25) is 0 Å². The van der Waals surface area contributed by atoms with E-state index in [0.717, 1.165) is 62.3 Å². The monoisotopic (exact) mass is 377 g/mol. The summed E-state index contributed by atoms with van der Waals surface area (Å²) >= 11 is 0. The number of nitrogens with one attached hydrogen (secondary N) is 2. The molecular formula is C21H35N3O3. The molecule has 0 aromatic heterocycles. The topological polar surface area (TPSA) is 64.1 Å². The van der Waals surface area contributed by atoms with Gasteiger partial charge in [0, 0.05) is 46.4 Å². The van der Waals surface area contributed by atoms with E-state index in [1.165, 1.54) is 12.8 Å². The van der Waals surface area contributed by atoms with Gasteiger partial charge in [0.1, 0.15) is 5.75 Å². The van der Waals surface area contributed by atoms with Gasteiger partial charge in [-0.05, 0) is 49.8 Å². The van der Waals surface area contributed by atoms with Crippen molar-refractivity contribution in [3.05, 3.63) is 29.8 Å². The highest BCUT2D eigenvalue weighted by molar-refractivity contribution is 5.79. The van der Waals surface area contributed by atoms with Crippen LogP contribution < -0.4 is 15.4 Å². The Morgan fingerprint density at radius 1 is 1.15 bits per heavy atom. The Balaban J connectivity index is 1.70. The largest absolute Gasteiger partial charge is 0.493 e. The van der Waals surface area contributed by atoms with Crippen LogP contribution in [0.4, 0.5) is 0 Å². The Morgan fingerprint density at radius 3 is 2.81 bits per heavy atom. The van der Waals surface area contributed by atoms with Gasteiger partial charge in [0.15, 0.2) is 5.96 Å². The van der Waals surface area contributed by atoms with E-state index < -0.39 is 0 Å². The minimum absolute atomic E-state index is 0.614. The maximum absolute atomic E-state index is 5.75. The minimum Gasteiger partial charge on any atom is -0.493 e. The van der Waals surface area contributed by atoms with E-state index in [0.29, 0.717) is 19.8 Å². The predicted octanol–water partition coefficient (Wildman–Crippen LogP) is 2.97. The van der Waals surface area contributed by atoms with Gasteiger partial charge in [-0.1, -0.05) is 12.1 Å². The molecule has 0 unspecified atom stereocenters. The van der Waals surface area contributed by atoms with E-state index in [2.05, 4.69) is 28.6 Å². The Morgan fingerprint density at radius 2 is 2.04 bits per heavy atom. The number of aliphatic imine (C=N–C) groups is 1. The molecule has 1 aliphatic carbocycles. The average Bonchev–Trinajstić information content (AvgIpc) is 3.51. The van der Waals surface area contributed by atoms with Crippen molar-refractivity contribution in [2.24, 2.45) is 10.9 Å². The minimum atomic E-state index is 0.614. The fourth-order valence-corrected chi connectivity index (χ4v) is 2.55. The van der Waals surface area contributed by atoms with Crippen LogP contribution in [0.1, 0.15) is 38.2 Å². The summed E-state index contributed by atoms with van der Waals surface area (Å²) in [5.74, 6) is 2.55. The third-order valence-electron chi connectivity index (χ3n) is 4.23. The highest BCUT2D eigenvalue weighted by Gasteiger charge is 2.20. The van der Waals surface area contributed by atoms with E-state index in [9.17, 15) is 0 Å². The molecule has 0 aliphatic heterocycles. The van der Waals surface area contributed by atoms with Crippen LogP contribution in [0, 0.1) is 5.92 Å². The van der Waals surface area contributed by atoms with E-state index in [4.69, 9.17) is 14.2 Å². The first-order chi connectivity index (χ1) is 13.3. The lowest BCUT2D eigenvalue weighted by molar-refractivity contribution is 0.123. The van der Waals surface area contributed by atoms with Gasteiger partial charge in [-0.2, -0.15) is 0 Å². The van der Waals surface area contributed by atoms with Gasteiger partial charge in [0.05, 0.1) is 13.2 Å². The van der Waals surface area contributed by atoms with E-state index >= 15 is 0 Å². The first-order valence-corrected chi connectivity index (χ1v) is 10.1. The highest BCUT2D eigenvalue weighted by Crippen LogP contribution is 2.28. The molecule has 1 aromatic carbocycles. The molecule has 6 nitrogen and oxygen atoms in total. The van der Waals surface area contributed by atoms with Crippen LogP contribution in [0.5, 0.6) is 5.75 Å². The molecule has 0 spiro atoms. The first kappa shape index (κ1) is 21.5. The number of nitrogens with zero attached hydrogens (tertiary/aromatic N) is 1.